The molecule has 0 aromatic carbocycles. The summed E-state index contributed by atoms with van der Waals surface area (Å²) in [6.07, 6.45) is 4.59. The zero-order valence-corrected chi connectivity index (χ0v) is 9.37. The summed E-state index contributed by atoms with van der Waals surface area (Å²) in [7, 11) is 0. The second kappa shape index (κ2) is 4.34. The largest absolute Gasteiger partial charge is 0.366 e. The Bertz CT molecular complexity index is 546. The number of aromatic nitrogens is 3. The van der Waals surface area contributed by atoms with Crippen molar-refractivity contribution in [3.8, 4) is 5.82 Å². The highest BCUT2D eigenvalue weighted by Gasteiger charge is 2.12. The summed E-state index contributed by atoms with van der Waals surface area (Å²) < 4.78 is 1.50. The molecule has 17 heavy (non-hydrogen) atoms. The third kappa shape index (κ3) is 2.16. The average molecular weight is 231 g/mol. The van der Waals surface area contributed by atoms with Gasteiger partial charge in [-0.25, -0.2) is 9.67 Å². The average Bonchev–Trinajstić information content (AvgIpc) is 2.78. The van der Waals surface area contributed by atoms with Crippen LogP contribution >= 0.6 is 0 Å². The zero-order chi connectivity index (χ0) is 12.4. The maximum absolute atomic E-state index is 11.0. The number of hydrogen-bond acceptors (Lipinski definition) is 4. The minimum atomic E-state index is -0.519. The molecule has 2 aromatic heterocycles. The third-order valence-corrected chi connectivity index (χ3v) is 2.39. The van der Waals surface area contributed by atoms with E-state index < -0.39 is 5.91 Å². The Labute approximate surface area is 98.3 Å². The van der Waals surface area contributed by atoms with Crippen molar-refractivity contribution in [2.45, 2.75) is 13.0 Å². The van der Waals surface area contributed by atoms with Crippen LogP contribution in [0.15, 0.2) is 30.7 Å². The van der Waals surface area contributed by atoms with Crippen LogP contribution in [0.4, 0.5) is 0 Å². The van der Waals surface area contributed by atoms with Gasteiger partial charge in [-0.15, -0.1) is 0 Å². The molecule has 0 bridgehead atoms. The van der Waals surface area contributed by atoms with Crippen LogP contribution < -0.4 is 11.5 Å². The minimum absolute atomic E-state index is 0.167. The van der Waals surface area contributed by atoms with Gasteiger partial charge in [-0.1, -0.05) is 6.07 Å². The molecule has 0 aliphatic heterocycles. The Morgan fingerprint density at radius 1 is 1.53 bits per heavy atom. The van der Waals surface area contributed by atoms with Gasteiger partial charge in [-0.05, 0) is 13.0 Å². The first-order valence-electron chi connectivity index (χ1n) is 5.15. The Kier molecular flexibility index (Phi) is 2.88. The van der Waals surface area contributed by atoms with Crippen LogP contribution in [0.2, 0.25) is 0 Å². The molecule has 0 spiro atoms. The van der Waals surface area contributed by atoms with E-state index in [-0.39, 0.29) is 6.04 Å². The number of carbonyl (C=O) groups excluding carboxylic acids is 1. The van der Waals surface area contributed by atoms with E-state index in [2.05, 4.69) is 10.1 Å². The van der Waals surface area contributed by atoms with Crippen LogP contribution in [-0.4, -0.2) is 20.7 Å². The number of pyridine rings is 1. The van der Waals surface area contributed by atoms with Gasteiger partial charge < -0.3 is 11.5 Å². The molecule has 1 atom stereocenters. The molecule has 0 aliphatic carbocycles. The summed E-state index contributed by atoms with van der Waals surface area (Å²) in [5.74, 6) is 0.0875. The van der Waals surface area contributed by atoms with Gasteiger partial charge in [0.1, 0.15) is 0 Å². The van der Waals surface area contributed by atoms with Crippen molar-refractivity contribution in [3.05, 3.63) is 41.9 Å². The molecule has 6 heteroatoms. The number of hydrogen-bond donors (Lipinski definition) is 2. The predicted octanol–water partition coefficient (Wildman–Crippen LogP) is 0.386. The third-order valence-electron chi connectivity index (χ3n) is 2.39. The van der Waals surface area contributed by atoms with Gasteiger partial charge in [0.05, 0.1) is 11.8 Å². The first kappa shape index (κ1) is 11.3. The molecule has 0 fully saturated rings. The van der Waals surface area contributed by atoms with Crippen molar-refractivity contribution in [2.24, 2.45) is 11.5 Å². The lowest BCUT2D eigenvalue weighted by atomic mass is 10.1. The topological polar surface area (TPSA) is 99.8 Å². The van der Waals surface area contributed by atoms with E-state index in [4.69, 9.17) is 11.5 Å². The highest BCUT2D eigenvalue weighted by atomic mass is 16.1. The molecule has 0 aliphatic rings. The van der Waals surface area contributed by atoms with Crippen molar-refractivity contribution in [1.29, 1.82) is 0 Å². The number of primary amides is 1. The number of nitrogens with two attached hydrogens (primary N) is 2. The van der Waals surface area contributed by atoms with Gasteiger partial charge >= 0.3 is 0 Å². The van der Waals surface area contributed by atoms with Crippen LogP contribution in [0.5, 0.6) is 0 Å². The summed E-state index contributed by atoms with van der Waals surface area (Å²) in [5, 5.41) is 4.05. The van der Waals surface area contributed by atoms with Crippen LogP contribution in [0, 0.1) is 0 Å². The first-order valence-corrected chi connectivity index (χ1v) is 5.15. The van der Waals surface area contributed by atoms with Crippen LogP contribution in [0.3, 0.4) is 0 Å². The molecule has 1 amide bonds. The van der Waals surface area contributed by atoms with Crippen molar-refractivity contribution < 1.29 is 4.79 Å². The van der Waals surface area contributed by atoms with E-state index in [9.17, 15) is 4.79 Å². The standard InChI is InChI=1S/C11H13N5O/c1-7(12)9-3-2-4-14-11(9)16-6-8(5-15-16)10(13)17/h2-7H,12H2,1H3,(H2,13,17)/t7-/m1/s1. The van der Waals surface area contributed by atoms with Crippen molar-refractivity contribution in [3.63, 3.8) is 0 Å². The molecule has 6 nitrogen and oxygen atoms in total. The molecular weight excluding hydrogens is 218 g/mol. The summed E-state index contributed by atoms with van der Waals surface area (Å²) in [4.78, 5) is 15.2. The highest BCUT2D eigenvalue weighted by molar-refractivity contribution is 5.92. The molecule has 4 N–H and O–H groups in total. The van der Waals surface area contributed by atoms with Crippen LogP contribution in [0.1, 0.15) is 28.9 Å². The lowest BCUT2D eigenvalue weighted by Crippen LogP contribution is -2.12. The van der Waals surface area contributed by atoms with Gasteiger partial charge in [-0.2, -0.15) is 5.10 Å². The predicted molar refractivity (Wildman–Crippen MR) is 62.5 cm³/mol. The Morgan fingerprint density at radius 2 is 2.29 bits per heavy atom. The molecule has 2 rings (SSSR count). The fourth-order valence-electron chi connectivity index (χ4n) is 1.52. The SMILES string of the molecule is C[C@@H](N)c1cccnc1-n1cc(C(N)=O)cn1. The lowest BCUT2D eigenvalue weighted by molar-refractivity contribution is 0.100. The van der Waals surface area contributed by atoms with E-state index in [0.29, 0.717) is 11.4 Å². The molecule has 0 radical (unpaired) electrons. The molecule has 0 saturated heterocycles. The molecule has 2 aromatic rings. The second-order valence-electron chi connectivity index (χ2n) is 3.74. The summed E-state index contributed by atoms with van der Waals surface area (Å²) in [6, 6.07) is 3.51. The normalized spacial score (nSPS) is 12.4. The molecule has 88 valence electrons. The van der Waals surface area contributed by atoms with Gasteiger partial charge in [0.15, 0.2) is 5.82 Å². The Hall–Kier alpha value is -2.21. The molecule has 0 unspecified atom stereocenters. The maximum Gasteiger partial charge on any atom is 0.251 e. The van der Waals surface area contributed by atoms with Gasteiger partial charge in [0.2, 0.25) is 0 Å². The van der Waals surface area contributed by atoms with E-state index in [1.165, 1.54) is 17.1 Å². The van der Waals surface area contributed by atoms with E-state index in [0.717, 1.165) is 5.56 Å². The maximum atomic E-state index is 11.0. The summed E-state index contributed by atoms with van der Waals surface area (Å²) in [6.45, 7) is 1.86. The van der Waals surface area contributed by atoms with E-state index >= 15 is 0 Å². The number of carbonyl (C=O) groups is 1. The second-order valence-corrected chi connectivity index (χ2v) is 3.74. The summed E-state index contributed by atoms with van der Waals surface area (Å²) in [5.41, 5.74) is 12.2. The first-order chi connectivity index (χ1) is 8.09. The van der Waals surface area contributed by atoms with Gasteiger partial charge in [0.25, 0.3) is 5.91 Å². The Balaban J connectivity index is 2.48. The zero-order valence-electron chi connectivity index (χ0n) is 9.37. The van der Waals surface area contributed by atoms with E-state index in [1.54, 1.807) is 12.3 Å². The van der Waals surface area contributed by atoms with Gasteiger partial charge in [-0.3, -0.25) is 4.79 Å². The quantitative estimate of drug-likeness (QED) is 0.797. The van der Waals surface area contributed by atoms with Crippen LogP contribution in [-0.2, 0) is 0 Å². The number of rotatable bonds is 3. The smallest absolute Gasteiger partial charge is 0.251 e. The van der Waals surface area contributed by atoms with Crippen molar-refractivity contribution in [1.82, 2.24) is 14.8 Å². The highest BCUT2D eigenvalue weighted by Crippen LogP contribution is 2.17. The Morgan fingerprint density at radius 3 is 2.88 bits per heavy atom. The fraction of sp³-hybridized carbons (Fsp3) is 0.182. The van der Waals surface area contributed by atoms with Crippen molar-refractivity contribution in [2.75, 3.05) is 0 Å². The van der Waals surface area contributed by atoms with Crippen LogP contribution in [0.25, 0.3) is 5.82 Å². The number of amides is 1. The fourth-order valence-corrected chi connectivity index (χ4v) is 1.52. The van der Waals surface area contributed by atoms with E-state index in [1.807, 2.05) is 13.0 Å². The number of nitrogens with zero attached hydrogens (tertiary/aromatic N) is 3. The summed E-state index contributed by atoms with van der Waals surface area (Å²) >= 11 is 0. The molecule has 2 heterocycles. The van der Waals surface area contributed by atoms with Crippen molar-refractivity contribution >= 4 is 5.91 Å². The lowest BCUT2D eigenvalue weighted by Gasteiger charge is -2.10. The minimum Gasteiger partial charge on any atom is -0.366 e. The molecule has 0 saturated carbocycles. The molecular formula is C11H13N5O. The monoisotopic (exact) mass is 231 g/mol. The van der Waals surface area contributed by atoms with Gasteiger partial charge in [0, 0.05) is 24.0 Å².